The molecule has 2 heterocycles. The van der Waals surface area contributed by atoms with Gasteiger partial charge in [-0.25, -0.2) is 0 Å². The van der Waals surface area contributed by atoms with Crippen molar-refractivity contribution in [2.45, 2.75) is 38.4 Å². The summed E-state index contributed by atoms with van der Waals surface area (Å²) in [4.78, 5) is 14.3. The van der Waals surface area contributed by atoms with Crippen molar-refractivity contribution in [3.63, 3.8) is 0 Å². The average molecular weight is 298 g/mol. The highest BCUT2D eigenvalue weighted by atomic mass is 16.1. The van der Waals surface area contributed by atoms with Gasteiger partial charge >= 0.3 is 0 Å². The number of hydrogen-bond donors (Lipinski definition) is 1. The van der Waals surface area contributed by atoms with E-state index in [-0.39, 0.29) is 18.0 Å². The van der Waals surface area contributed by atoms with Gasteiger partial charge in [0.05, 0.1) is 12.7 Å². The zero-order valence-corrected chi connectivity index (χ0v) is 12.9. The lowest BCUT2D eigenvalue weighted by Gasteiger charge is -2.31. The van der Waals surface area contributed by atoms with Gasteiger partial charge in [-0.15, -0.1) is 0 Å². The number of benzene rings is 1. The Kier molecular flexibility index (Phi) is 4.24. The van der Waals surface area contributed by atoms with Crippen molar-refractivity contribution >= 4 is 5.91 Å². The minimum absolute atomic E-state index is 0.283. The maximum absolute atomic E-state index is 12.0. The SMILES string of the molecule is Cc1cnn(C[C@H]2CCCN2[C@@H](C(N)=O)c2ccccc2)c1. The Balaban J connectivity index is 1.82. The van der Waals surface area contributed by atoms with Crippen LogP contribution in [0.25, 0.3) is 0 Å². The third kappa shape index (κ3) is 3.04. The molecule has 0 aliphatic carbocycles. The lowest BCUT2D eigenvalue weighted by Crippen LogP contribution is -2.42. The van der Waals surface area contributed by atoms with E-state index in [1.807, 2.05) is 54.3 Å². The number of aromatic nitrogens is 2. The standard InChI is InChI=1S/C17H22N4O/c1-13-10-19-20(11-13)12-15-8-5-9-21(15)16(17(18)22)14-6-3-2-4-7-14/h2-4,6-7,10-11,15-16H,5,8-9,12H2,1H3,(H2,18,22)/t15-,16-/m1/s1. The van der Waals surface area contributed by atoms with Crippen LogP contribution in [0.4, 0.5) is 0 Å². The Morgan fingerprint density at radius 2 is 2.18 bits per heavy atom. The average Bonchev–Trinajstić information content (AvgIpc) is 3.10. The number of carbonyl (C=O) groups excluding carboxylic acids is 1. The normalized spacial score (nSPS) is 20.1. The molecule has 2 atom stereocenters. The second-order valence-electron chi connectivity index (χ2n) is 5.99. The van der Waals surface area contributed by atoms with Gasteiger partial charge in [0.25, 0.3) is 0 Å². The fraction of sp³-hybridized carbons (Fsp3) is 0.412. The maximum atomic E-state index is 12.0. The molecule has 5 heteroatoms. The predicted octanol–water partition coefficient (Wildman–Crippen LogP) is 1.88. The van der Waals surface area contributed by atoms with E-state index in [0.29, 0.717) is 0 Å². The number of carbonyl (C=O) groups is 1. The van der Waals surface area contributed by atoms with E-state index in [4.69, 9.17) is 5.73 Å². The van der Waals surface area contributed by atoms with Crippen molar-refractivity contribution < 1.29 is 4.79 Å². The predicted molar refractivity (Wildman–Crippen MR) is 85.1 cm³/mol. The third-order valence-electron chi connectivity index (χ3n) is 4.30. The smallest absolute Gasteiger partial charge is 0.239 e. The largest absolute Gasteiger partial charge is 0.368 e. The van der Waals surface area contributed by atoms with Crippen LogP contribution in [0.2, 0.25) is 0 Å². The van der Waals surface area contributed by atoms with Crippen molar-refractivity contribution in [1.29, 1.82) is 0 Å². The fourth-order valence-electron chi connectivity index (χ4n) is 3.33. The van der Waals surface area contributed by atoms with Crippen molar-refractivity contribution in [2.24, 2.45) is 5.73 Å². The Bertz CT molecular complexity index is 637. The van der Waals surface area contributed by atoms with Gasteiger partial charge in [-0.2, -0.15) is 5.10 Å². The Morgan fingerprint density at radius 1 is 1.41 bits per heavy atom. The van der Waals surface area contributed by atoms with Gasteiger partial charge in [0.2, 0.25) is 5.91 Å². The molecule has 2 aromatic rings. The number of nitrogens with zero attached hydrogens (tertiary/aromatic N) is 3. The number of primary amides is 1. The first-order chi connectivity index (χ1) is 10.6. The van der Waals surface area contributed by atoms with Crippen LogP contribution in [-0.2, 0) is 11.3 Å². The highest BCUT2D eigenvalue weighted by Gasteiger charge is 2.34. The minimum Gasteiger partial charge on any atom is -0.368 e. The quantitative estimate of drug-likeness (QED) is 0.916. The van der Waals surface area contributed by atoms with E-state index >= 15 is 0 Å². The van der Waals surface area contributed by atoms with Gasteiger partial charge in [0, 0.05) is 12.2 Å². The van der Waals surface area contributed by atoms with E-state index in [2.05, 4.69) is 10.00 Å². The molecule has 2 N–H and O–H groups in total. The number of rotatable bonds is 5. The van der Waals surface area contributed by atoms with Crippen LogP contribution in [-0.4, -0.2) is 33.2 Å². The molecule has 3 rings (SSSR count). The highest BCUT2D eigenvalue weighted by molar-refractivity contribution is 5.81. The second kappa shape index (κ2) is 6.32. The van der Waals surface area contributed by atoms with Gasteiger partial charge in [-0.1, -0.05) is 30.3 Å². The molecule has 5 nitrogen and oxygen atoms in total. The lowest BCUT2D eigenvalue weighted by atomic mass is 10.0. The van der Waals surface area contributed by atoms with Crippen LogP contribution in [0, 0.1) is 6.92 Å². The van der Waals surface area contributed by atoms with Crippen LogP contribution >= 0.6 is 0 Å². The van der Waals surface area contributed by atoms with Crippen molar-refractivity contribution in [3.05, 3.63) is 53.9 Å². The van der Waals surface area contributed by atoms with E-state index in [1.54, 1.807) is 0 Å². The highest BCUT2D eigenvalue weighted by Crippen LogP contribution is 2.30. The number of hydrogen-bond acceptors (Lipinski definition) is 3. The number of nitrogens with two attached hydrogens (primary N) is 1. The first-order valence-corrected chi connectivity index (χ1v) is 7.74. The van der Waals surface area contributed by atoms with E-state index in [1.165, 1.54) is 0 Å². The molecule has 0 radical (unpaired) electrons. The van der Waals surface area contributed by atoms with Crippen molar-refractivity contribution in [2.75, 3.05) is 6.54 Å². The maximum Gasteiger partial charge on any atom is 0.239 e. The van der Waals surface area contributed by atoms with Crippen LogP contribution < -0.4 is 5.73 Å². The molecule has 22 heavy (non-hydrogen) atoms. The van der Waals surface area contributed by atoms with Gasteiger partial charge in [-0.05, 0) is 37.4 Å². The summed E-state index contributed by atoms with van der Waals surface area (Å²) in [6.07, 6.45) is 6.05. The van der Waals surface area contributed by atoms with Gasteiger partial charge in [0.1, 0.15) is 6.04 Å². The van der Waals surface area contributed by atoms with E-state index < -0.39 is 0 Å². The summed E-state index contributed by atoms with van der Waals surface area (Å²) in [5, 5.41) is 4.36. The summed E-state index contributed by atoms with van der Waals surface area (Å²) >= 11 is 0. The van der Waals surface area contributed by atoms with Gasteiger partial charge in [-0.3, -0.25) is 14.4 Å². The third-order valence-corrected chi connectivity index (χ3v) is 4.30. The molecule has 1 amide bonds. The van der Waals surface area contributed by atoms with Crippen LogP contribution in [0.1, 0.15) is 30.0 Å². The number of aryl methyl sites for hydroxylation is 1. The first kappa shape index (κ1) is 14.8. The van der Waals surface area contributed by atoms with Crippen molar-refractivity contribution in [3.8, 4) is 0 Å². The number of likely N-dealkylation sites (tertiary alicyclic amines) is 1. The zero-order valence-electron chi connectivity index (χ0n) is 12.9. The molecular weight excluding hydrogens is 276 g/mol. The molecule has 1 saturated heterocycles. The molecule has 0 unspecified atom stereocenters. The zero-order chi connectivity index (χ0) is 15.5. The van der Waals surface area contributed by atoms with Crippen molar-refractivity contribution in [1.82, 2.24) is 14.7 Å². The molecule has 1 aliphatic heterocycles. The van der Waals surface area contributed by atoms with Crippen LogP contribution in [0.5, 0.6) is 0 Å². The molecular formula is C17H22N4O. The molecule has 1 aliphatic rings. The Labute approximate surface area is 130 Å². The molecule has 0 saturated carbocycles. The molecule has 0 spiro atoms. The molecule has 0 bridgehead atoms. The molecule has 1 fully saturated rings. The summed E-state index contributed by atoms with van der Waals surface area (Å²) in [5.41, 5.74) is 7.83. The van der Waals surface area contributed by atoms with E-state index in [0.717, 1.165) is 37.1 Å². The van der Waals surface area contributed by atoms with E-state index in [9.17, 15) is 4.79 Å². The Hall–Kier alpha value is -2.14. The van der Waals surface area contributed by atoms with Gasteiger partial charge in [0.15, 0.2) is 0 Å². The van der Waals surface area contributed by atoms with Crippen LogP contribution in [0.15, 0.2) is 42.7 Å². The molecule has 1 aromatic carbocycles. The summed E-state index contributed by atoms with van der Waals surface area (Å²) in [5.74, 6) is -0.283. The van der Waals surface area contributed by atoms with Crippen LogP contribution in [0.3, 0.4) is 0 Å². The molecule has 116 valence electrons. The molecule has 1 aromatic heterocycles. The van der Waals surface area contributed by atoms with Gasteiger partial charge < -0.3 is 5.73 Å². The summed E-state index contributed by atoms with van der Waals surface area (Å²) in [6, 6.07) is 9.74. The summed E-state index contributed by atoms with van der Waals surface area (Å²) in [6.45, 7) is 3.73. The summed E-state index contributed by atoms with van der Waals surface area (Å²) < 4.78 is 1.96. The Morgan fingerprint density at radius 3 is 2.82 bits per heavy atom. The topological polar surface area (TPSA) is 64.2 Å². The first-order valence-electron chi connectivity index (χ1n) is 7.74. The summed E-state index contributed by atoms with van der Waals surface area (Å²) in [7, 11) is 0. The monoisotopic (exact) mass is 298 g/mol. The minimum atomic E-state index is -0.356. The fourth-order valence-corrected chi connectivity index (χ4v) is 3.33. The lowest BCUT2D eigenvalue weighted by molar-refractivity contribution is -0.124. The number of amides is 1. The second-order valence-corrected chi connectivity index (χ2v) is 5.99.